The van der Waals surface area contributed by atoms with Gasteiger partial charge in [-0.25, -0.2) is 14.8 Å². The summed E-state index contributed by atoms with van der Waals surface area (Å²) in [5.74, 6) is -1.80. The van der Waals surface area contributed by atoms with Gasteiger partial charge in [-0.3, -0.25) is 19.1 Å². The van der Waals surface area contributed by atoms with E-state index < -0.39 is 29.9 Å². The number of hydroxylamine groups is 1. The maximum absolute atomic E-state index is 13.7. The van der Waals surface area contributed by atoms with E-state index in [1.54, 1.807) is 66.7 Å². The summed E-state index contributed by atoms with van der Waals surface area (Å²) >= 11 is 6.00. The van der Waals surface area contributed by atoms with E-state index in [-0.39, 0.29) is 5.91 Å². The van der Waals surface area contributed by atoms with Crippen LogP contribution >= 0.6 is 11.6 Å². The molecule has 10 heteroatoms. The number of amides is 2. The molecule has 3 heterocycles. The number of ether oxygens (including phenoxy) is 1. The van der Waals surface area contributed by atoms with Gasteiger partial charge in [0.2, 0.25) is 5.91 Å². The minimum atomic E-state index is -0.995. The normalized spacial score (nSPS) is 20.6. The van der Waals surface area contributed by atoms with Crippen LogP contribution in [-0.2, 0) is 21.5 Å². The van der Waals surface area contributed by atoms with Crippen molar-refractivity contribution >= 4 is 40.8 Å². The molecule has 3 aromatic carbocycles. The first kappa shape index (κ1) is 23.9. The SMILES string of the molecule is Cn1nccc1C(=O)Oc1ccc([C@@H]2[C@@H]3C(=O)N(c4ccc(Cl)cc4)C(=O)[C@H]3ON2c2ccccc2)cc1. The largest absolute Gasteiger partial charge is 0.422 e. The highest BCUT2D eigenvalue weighted by Gasteiger charge is 2.60. The van der Waals surface area contributed by atoms with Crippen molar-refractivity contribution in [2.45, 2.75) is 12.1 Å². The van der Waals surface area contributed by atoms with Crippen LogP contribution < -0.4 is 14.7 Å². The molecule has 6 rings (SSSR count). The Bertz CT molecular complexity index is 1520. The van der Waals surface area contributed by atoms with Crippen LogP contribution in [-0.4, -0.2) is 33.7 Å². The Balaban J connectivity index is 1.33. The van der Waals surface area contributed by atoms with Crippen LogP contribution in [0.5, 0.6) is 5.75 Å². The maximum atomic E-state index is 13.7. The van der Waals surface area contributed by atoms with Gasteiger partial charge >= 0.3 is 5.97 Å². The number of halogens is 1. The number of aromatic nitrogens is 2. The van der Waals surface area contributed by atoms with E-state index in [2.05, 4.69) is 5.10 Å². The van der Waals surface area contributed by atoms with Gasteiger partial charge in [-0.1, -0.05) is 41.9 Å². The van der Waals surface area contributed by atoms with Crippen molar-refractivity contribution < 1.29 is 24.0 Å². The smallest absolute Gasteiger partial charge is 0.361 e. The molecule has 2 amide bonds. The summed E-state index contributed by atoms with van der Waals surface area (Å²) in [5, 5.41) is 6.10. The van der Waals surface area contributed by atoms with Gasteiger partial charge in [0, 0.05) is 18.3 Å². The Morgan fingerprint density at radius 1 is 0.895 bits per heavy atom. The Morgan fingerprint density at radius 2 is 1.61 bits per heavy atom. The molecule has 9 nitrogen and oxygen atoms in total. The van der Waals surface area contributed by atoms with Crippen LogP contribution in [0.15, 0.2) is 91.1 Å². The van der Waals surface area contributed by atoms with Gasteiger partial charge in [0.15, 0.2) is 6.10 Å². The highest BCUT2D eigenvalue weighted by molar-refractivity contribution is 6.31. The summed E-state index contributed by atoms with van der Waals surface area (Å²) in [6.07, 6.45) is 0.521. The summed E-state index contributed by atoms with van der Waals surface area (Å²) in [7, 11) is 1.65. The zero-order valence-corrected chi connectivity index (χ0v) is 20.9. The standard InChI is InChI=1S/C28H21ClN4O5/c1-31-22(15-16-30-31)28(36)37-21-13-7-17(8-14-21)24-23-25(38-33(24)20-5-3-2-4-6-20)27(35)32(26(23)34)19-11-9-18(29)10-12-19/h2-16,23-25H,1H3/t23-,24+,25-/m0/s1. The van der Waals surface area contributed by atoms with Gasteiger partial charge in [-0.2, -0.15) is 5.10 Å². The average molecular weight is 529 g/mol. The van der Waals surface area contributed by atoms with E-state index in [4.69, 9.17) is 21.2 Å². The zero-order valence-electron chi connectivity index (χ0n) is 20.1. The number of anilines is 2. The number of imide groups is 1. The Hall–Kier alpha value is -4.47. The molecule has 38 heavy (non-hydrogen) atoms. The van der Waals surface area contributed by atoms with E-state index >= 15 is 0 Å². The fourth-order valence-corrected chi connectivity index (χ4v) is 4.99. The molecule has 2 saturated heterocycles. The molecule has 1 aromatic heterocycles. The third kappa shape index (κ3) is 4.02. The van der Waals surface area contributed by atoms with Gasteiger partial charge in [0.05, 0.1) is 17.4 Å². The first-order chi connectivity index (χ1) is 18.4. The highest BCUT2D eigenvalue weighted by atomic mass is 35.5. The molecule has 3 atom stereocenters. The lowest BCUT2D eigenvalue weighted by atomic mass is 9.90. The number of fused-ring (bicyclic) bond motifs is 1. The third-order valence-corrected chi connectivity index (χ3v) is 6.93. The number of para-hydroxylation sites is 1. The minimum Gasteiger partial charge on any atom is -0.422 e. The van der Waals surface area contributed by atoms with Crippen molar-refractivity contribution in [3.8, 4) is 5.75 Å². The predicted octanol–water partition coefficient (Wildman–Crippen LogP) is 4.34. The molecule has 0 bridgehead atoms. The molecular weight excluding hydrogens is 508 g/mol. The van der Waals surface area contributed by atoms with Crippen molar-refractivity contribution in [2.75, 3.05) is 9.96 Å². The second-order valence-corrected chi connectivity index (χ2v) is 9.38. The fourth-order valence-electron chi connectivity index (χ4n) is 4.86. The van der Waals surface area contributed by atoms with Crippen molar-refractivity contribution in [3.63, 3.8) is 0 Å². The number of nitrogens with zero attached hydrogens (tertiary/aromatic N) is 4. The molecular formula is C28H21ClN4O5. The van der Waals surface area contributed by atoms with Crippen LogP contribution in [0.2, 0.25) is 5.02 Å². The molecule has 2 fully saturated rings. The van der Waals surface area contributed by atoms with Crippen LogP contribution in [0.3, 0.4) is 0 Å². The van der Waals surface area contributed by atoms with Crippen LogP contribution in [0.25, 0.3) is 0 Å². The second-order valence-electron chi connectivity index (χ2n) is 8.94. The second kappa shape index (κ2) is 9.44. The predicted molar refractivity (Wildman–Crippen MR) is 139 cm³/mol. The molecule has 2 aliphatic rings. The molecule has 0 radical (unpaired) electrons. The van der Waals surface area contributed by atoms with E-state index in [0.29, 0.717) is 27.8 Å². The van der Waals surface area contributed by atoms with Crippen molar-refractivity contribution in [2.24, 2.45) is 13.0 Å². The lowest BCUT2D eigenvalue weighted by molar-refractivity contribution is -0.126. The number of rotatable bonds is 5. The lowest BCUT2D eigenvalue weighted by Crippen LogP contribution is -2.37. The number of hydrogen-bond donors (Lipinski definition) is 0. The number of aryl methyl sites for hydroxylation is 1. The summed E-state index contributed by atoms with van der Waals surface area (Å²) in [6.45, 7) is 0. The number of esters is 1. The van der Waals surface area contributed by atoms with Gasteiger partial charge in [-0.15, -0.1) is 0 Å². The summed E-state index contributed by atoms with van der Waals surface area (Å²) < 4.78 is 6.92. The molecule has 0 N–H and O–H groups in total. The van der Waals surface area contributed by atoms with Crippen LogP contribution in [0.4, 0.5) is 11.4 Å². The van der Waals surface area contributed by atoms with E-state index in [0.717, 1.165) is 10.5 Å². The highest BCUT2D eigenvalue weighted by Crippen LogP contribution is 2.47. The molecule has 0 spiro atoms. The van der Waals surface area contributed by atoms with Crippen LogP contribution in [0.1, 0.15) is 22.1 Å². The number of carbonyl (C=O) groups excluding carboxylic acids is 3. The van der Waals surface area contributed by atoms with E-state index in [1.165, 1.54) is 10.9 Å². The molecule has 190 valence electrons. The Kier molecular flexibility index (Phi) is 5.94. The first-order valence-corrected chi connectivity index (χ1v) is 12.2. The van der Waals surface area contributed by atoms with E-state index in [1.807, 2.05) is 30.3 Å². The van der Waals surface area contributed by atoms with Crippen molar-refractivity contribution in [3.05, 3.63) is 107 Å². The molecule has 4 aromatic rings. The molecule has 0 unspecified atom stereocenters. The zero-order chi connectivity index (χ0) is 26.4. The van der Waals surface area contributed by atoms with Crippen LogP contribution in [0, 0.1) is 5.92 Å². The summed E-state index contributed by atoms with van der Waals surface area (Å²) in [4.78, 5) is 46.9. The molecule has 0 saturated carbocycles. The Morgan fingerprint density at radius 3 is 2.26 bits per heavy atom. The molecule has 0 aliphatic carbocycles. The van der Waals surface area contributed by atoms with Gasteiger partial charge in [0.25, 0.3) is 5.91 Å². The van der Waals surface area contributed by atoms with E-state index in [9.17, 15) is 14.4 Å². The first-order valence-electron chi connectivity index (χ1n) is 11.9. The third-order valence-electron chi connectivity index (χ3n) is 6.67. The minimum absolute atomic E-state index is 0.314. The lowest BCUT2D eigenvalue weighted by Gasteiger charge is -2.28. The maximum Gasteiger partial charge on any atom is 0.361 e. The average Bonchev–Trinajstić information content (AvgIpc) is 3.60. The number of benzene rings is 3. The monoisotopic (exact) mass is 528 g/mol. The van der Waals surface area contributed by atoms with Gasteiger partial charge in [-0.05, 0) is 60.2 Å². The molecule has 2 aliphatic heterocycles. The Labute approximate surface area is 222 Å². The summed E-state index contributed by atoms with van der Waals surface area (Å²) in [5.41, 5.74) is 2.18. The number of carbonyl (C=O) groups is 3. The van der Waals surface area contributed by atoms with Gasteiger partial charge < -0.3 is 4.74 Å². The summed E-state index contributed by atoms with van der Waals surface area (Å²) in [6, 6.07) is 23.6. The number of hydrogen-bond acceptors (Lipinski definition) is 7. The van der Waals surface area contributed by atoms with Crippen molar-refractivity contribution in [1.82, 2.24) is 9.78 Å². The van der Waals surface area contributed by atoms with Crippen molar-refractivity contribution in [1.29, 1.82) is 0 Å². The van der Waals surface area contributed by atoms with Gasteiger partial charge in [0.1, 0.15) is 17.4 Å². The quantitative estimate of drug-likeness (QED) is 0.216. The fraction of sp³-hybridized carbons (Fsp3) is 0.143. The topological polar surface area (TPSA) is 94.0 Å².